The summed E-state index contributed by atoms with van der Waals surface area (Å²) in [4.78, 5) is 15.5. The van der Waals surface area contributed by atoms with E-state index in [0.717, 1.165) is 33.4 Å². The number of rotatable bonds is 7. The smallest absolute Gasteiger partial charge is 0.173 e. The number of hydrogen-bond acceptors (Lipinski definition) is 6. The van der Waals surface area contributed by atoms with Crippen molar-refractivity contribution in [3.63, 3.8) is 0 Å². The Hall–Kier alpha value is -2.93. The van der Waals surface area contributed by atoms with E-state index in [0.29, 0.717) is 19.2 Å². The van der Waals surface area contributed by atoms with E-state index >= 15 is 0 Å². The molecule has 1 aliphatic carbocycles. The topological polar surface area (TPSA) is 64.9 Å². The van der Waals surface area contributed by atoms with Crippen molar-refractivity contribution in [1.29, 1.82) is 0 Å². The average molecular weight is 420 g/mol. The number of fused-ring (bicyclic) bond motifs is 1. The summed E-state index contributed by atoms with van der Waals surface area (Å²) in [7, 11) is 0. The first-order valence-corrected chi connectivity index (χ1v) is 11.5. The van der Waals surface area contributed by atoms with Crippen LogP contribution in [0.3, 0.4) is 0 Å². The first kappa shape index (κ1) is 19.1. The number of imidazole rings is 1. The lowest BCUT2D eigenvalue weighted by Crippen LogP contribution is -2.14. The number of thiophene rings is 1. The standard InChI is InChI=1S/C23H25N5OS/c1-3-8-17(9-4-1)28-16-25-20-22(24-13-14-29-18-10-5-2-6-11-18)26-21(27-23(20)28)19-12-7-15-30-19/h2,5-7,10-12,15-17H,1,3-4,8-9,13-14H2,(H,24,26,27). The van der Waals surface area contributed by atoms with E-state index in [9.17, 15) is 0 Å². The zero-order chi connectivity index (χ0) is 20.2. The molecule has 0 atom stereocenters. The van der Waals surface area contributed by atoms with Crippen molar-refractivity contribution in [2.75, 3.05) is 18.5 Å². The van der Waals surface area contributed by atoms with Crippen LogP contribution in [0.15, 0.2) is 54.2 Å². The summed E-state index contributed by atoms with van der Waals surface area (Å²) >= 11 is 1.66. The second-order valence-electron chi connectivity index (χ2n) is 7.58. The highest BCUT2D eigenvalue weighted by molar-refractivity contribution is 7.13. The van der Waals surface area contributed by atoms with Gasteiger partial charge in [0.15, 0.2) is 17.3 Å². The van der Waals surface area contributed by atoms with Gasteiger partial charge in [-0.15, -0.1) is 11.3 Å². The second kappa shape index (κ2) is 8.83. The van der Waals surface area contributed by atoms with Gasteiger partial charge in [-0.2, -0.15) is 0 Å². The minimum atomic E-state index is 0.476. The van der Waals surface area contributed by atoms with Gasteiger partial charge in [0.1, 0.15) is 17.9 Å². The molecule has 0 saturated heterocycles. The van der Waals surface area contributed by atoms with Crippen LogP contribution < -0.4 is 10.1 Å². The third kappa shape index (κ3) is 4.03. The molecule has 1 saturated carbocycles. The highest BCUT2D eigenvalue weighted by atomic mass is 32.1. The van der Waals surface area contributed by atoms with Gasteiger partial charge in [0, 0.05) is 6.04 Å². The Morgan fingerprint density at radius 3 is 2.70 bits per heavy atom. The highest BCUT2D eigenvalue weighted by Gasteiger charge is 2.21. The molecule has 1 N–H and O–H groups in total. The summed E-state index contributed by atoms with van der Waals surface area (Å²) in [5.41, 5.74) is 1.76. The molecule has 1 fully saturated rings. The molecule has 3 aromatic heterocycles. The number of nitrogens with one attached hydrogen (secondary N) is 1. The summed E-state index contributed by atoms with van der Waals surface area (Å²) in [6.07, 6.45) is 8.20. The largest absolute Gasteiger partial charge is 0.492 e. The van der Waals surface area contributed by atoms with Crippen LogP contribution in [0.2, 0.25) is 0 Å². The number of aromatic nitrogens is 4. The molecule has 0 aliphatic heterocycles. The van der Waals surface area contributed by atoms with E-state index in [-0.39, 0.29) is 0 Å². The number of benzene rings is 1. The van der Waals surface area contributed by atoms with Gasteiger partial charge in [-0.25, -0.2) is 15.0 Å². The Morgan fingerprint density at radius 2 is 1.90 bits per heavy atom. The lowest BCUT2D eigenvalue weighted by Gasteiger charge is -2.23. The van der Waals surface area contributed by atoms with E-state index in [4.69, 9.17) is 19.7 Å². The van der Waals surface area contributed by atoms with Crippen molar-refractivity contribution < 1.29 is 4.74 Å². The van der Waals surface area contributed by atoms with Gasteiger partial charge in [-0.3, -0.25) is 0 Å². The molecule has 4 aromatic rings. The van der Waals surface area contributed by atoms with E-state index < -0.39 is 0 Å². The van der Waals surface area contributed by atoms with Crippen molar-refractivity contribution in [3.8, 4) is 16.5 Å². The molecule has 5 rings (SSSR count). The number of hydrogen-bond donors (Lipinski definition) is 1. The van der Waals surface area contributed by atoms with Gasteiger partial charge >= 0.3 is 0 Å². The molecular weight excluding hydrogens is 394 g/mol. The summed E-state index contributed by atoms with van der Waals surface area (Å²) in [5.74, 6) is 2.39. The lowest BCUT2D eigenvalue weighted by molar-refractivity contribution is 0.333. The van der Waals surface area contributed by atoms with Crippen LogP contribution in [0.4, 0.5) is 5.82 Å². The van der Waals surface area contributed by atoms with E-state index in [1.807, 2.05) is 42.7 Å². The summed E-state index contributed by atoms with van der Waals surface area (Å²) < 4.78 is 8.08. The molecule has 30 heavy (non-hydrogen) atoms. The highest BCUT2D eigenvalue weighted by Crippen LogP contribution is 2.33. The predicted molar refractivity (Wildman–Crippen MR) is 121 cm³/mol. The Bertz CT molecular complexity index is 1090. The molecule has 7 heteroatoms. The summed E-state index contributed by atoms with van der Waals surface area (Å²) in [5, 5.41) is 5.49. The number of anilines is 1. The maximum absolute atomic E-state index is 5.81. The van der Waals surface area contributed by atoms with Gasteiger partial charge in [-0.1, -0.05) is 43.5 Å². The van der Waals surface area contributed by atoms with E-state index in [1.165, 1.54) is 32.1 Å². The molecule has 1 aliphatic rings. The monoisotopic (exact) mass is 419 g/mol. The Labute approximate surface area is 180 Å². The van der Waals surface area contributed by atoms with E-state index in [1.54, 1.807) is 11.3 Å². The van der Waals surface area contributed by atoms with Crippen LogP contribution in [-0.2, 0) is 0 Å². The quantitative estimate of drug-likeness (QED) is 0.398. The first-order valence-electron chi connectivity index (χ1n) is 10.6. The van der Waals surface area contributed by atoms with Crippen LogP contribution in [0.25, 0.3) is 21.9 Å². The fraction of sp³-hybridized carbons (Fsp3) is 0.348. The minimum absolute atomic E-state index is 0.476. The number of nitrogens with zero attached hydrogens (tertiary/aromatic N) is 4. The maximum Gasteiger partial charge on any atom is 0.173 e. The third-order valence-corrected chi connectivity index (χ3v) is 6.40. The Morgan fingerprint density at radius 1 is 1.03 bits per heavy atom. The van der Waals surface area contributed by atoms with Crippen LogP contribution in [0.1, 0.15) is 38.1 Å². The van der Waals surface area contributed by atoms with Crippen LogP contribution in [0.5, 0.6) is 5.75 Å². The van der Waals surface area contributed by atoms with Gasteiger partial charge < -0.3 is 14.6 Å². The minimum Gasteiger partial charge on any atom is -0.492 e. The molecule has 0 radical (unpaired) electrons. The summed E-state index contributed by atoms with van der Waals surface area (Å²) in [6, 6.07) is 14.4. The molecule has 154 valence electrons. The molecule has 0 spiro atoms. The number of para-hydroxylation sites is 1. The van der Waals surface area contributed by atoms with Crippen molar-refractivity contribution in [1.82, 2.24) is 19.5 Å². The number of ether oxygens (including phenoxy) is 1. The van der Waals surface area contributed by atoms with Crippen LogP contribution in [-0.4, -0.2) is 32.7 Å². The average Bonchev–Trinajstić information content (AvgIpc) is 3.48. The molecule has 6 nitrogen and oxygen atoms in total. The third-order valence-electron chi connectivity index (χ3n) is 5.54. The van der Waals surface area contributed by atoms with Crippen molar-refractivity contribution in [3.05, 3.63) is 54.2 Å². The van der Waals surface area contributed by atoms with Gasteiger partial charge in [0.2, 0.25) is 0 Å². The lowest BCUT2D eigenvalue weighted by atomic mass is 9.95. The zero-order valence-electron chi connectivity index (χ0n) is 16.8. The molecule has 0 amide bonds. The molecule has 0 unspecified atom stereocenters. The van der Waals surface area contributed by atoms with Crippen molar-refractivity contribution in [2.45, 2.75) is 38.1 Å². The SMILES string of the molecule is c1ccc(OCCNc2nc(-c3cccs3)nc3c2ncn3C2CCCCC2)cc1. The van der Waals surface area contributed by atoms with Crippen molar-refractivity contribution >= 4 is 28.3 Å². The van der Waals surface area contributed by atoms with Crippen LogP contribution in [0, 0.1) is 0 Å². The fourth-order valence-electron chi connectivity index (χ4n) is 4.04. The Balaban J connectivity index is 1.41. The predicted octanol–water partition coefficient (Wildman–Crippen LogP) is 5.55. The molecule has 0 bridgehead atoms. The van der Waals surface area contributed by atoms with Gasteiger partial charge in [0.25, 0.3) is 0 Å². The zero-order valence-corrected chi connectivity index (χ0v) is 17.6. The Kier molecular flexibility index (Phi) is 5.61. The van der Waals surface area contributed by atoms with Gasteiger partial charge in [0.05, 0.1) is 17.7 Å². The summed E-state index contributed by atoms with van der Waals surface area (Å²) in [6.45, 7) is 1.19. The molecule has 3 heterocycles. The maximum atomic E-state index is 5.81. The van der Waals surface area contributed by atoms with E-state index in [2.05, 4.69) is 21.3 Å². The normalized spacial score (nSPS) is 14.8. The van der Waals surface area contributed by atoms with Gasteiger partial charge in [-0.05, 0) is 36.4 Å². The van der Waals surface area contributed by atoms with Crippen LogP contribution >= 0.6 is 11.3 Å². The molecule has 1 aromatic carbocycles. The first-order chi connectivity index (χ1) is 14.9. The van der Waals surface area contributed by atoms with Crippen molar-refractivity contribution in [2.24, 2.45) is 0 Å². The second-order valence-corrected chi connectivity index (χ2v) is 8.52. The molecular formula is C23H25N5OS. The fourth-order valence-corrected chi connectivity index (χ4v) is 4.69.